The van der Waals surface area contributed by atoms with Crippen molar-refractivity contribution >= 4 is 60.2 Å². The highest BCUT2D eigenvalue weighted by atomic mass is 15.1. The Hall–Kier alpha value is -7.74. The molecule has 0 aliphatic heterocycles. The second-order valence-electron chi connectivity index (χ2n) is 17.3. The predicted octanol–water partition coefficient (Wildman–Crippen LogP) is 17.1. The number of nitrogens with zero attached hydrogens (tertiary/aromatic N) is 1. The third-order valence-corrected chi connectivity index (χ3v) is 13.4. The first-order valence-electron chi connectivity index (χ1n) is 21.7. The highest BCUT2D eigenvalue weighted by Gasteiger charge is 2.37. The molecule has 0 amide bonds. The van der Waals surface area contributed by atoms with Gasteiger partial charge in [-0.3, -0.25) is 0 Å². The van der Waals surface area contributed by atoms with Gasteiger partial charge in [-0.05, 0) is 147 Å². The molecule has 0 radical (unpaired) electrons. The quantitative estimate of drug-likeness (QED) is 0.152. The van der Waals surface area contributed by atoms with Crippen LogP contribution in [0.2, 0.25) is 0 Å². The molecule has 292 valence electrons. The van der Waals surface area contributed by atoms with Gasteiger partial charge in [-0.1, -0.05) is 190 Å². The molecule has 0 atom stereocenters. The summed E-state index contributed by atoms with van der Waals surface area (Å²) in [4.78, 5) is 2.40. The SMILES string of the molecule is CC1(C)c2ccccc2-c2cccc(-c3ccc(N(c4ccc(-c5ccc6c7ccccc7c7ccccc7c6c5)cc4)c4cccc(-c5ccc6ccccc6c5)c4)cc3)c21. The fraction of sp³-hybridized carbons (Fsp3) is 0.0492. The molecule has 1 aliphatic rings. The van der Waals surface area contributed by atoms with E-state index in [1.807, 2.05) is 0 Å². The Morgan fingerprint density at radius 1 is 0.290 bits per heavy atom. The summed E-state index contributed by atoms with van der Waals surface area (Å²) < 4.78 is 0. The standard InChI is InChI=1S/C61H43N/c1-61(2)59-24-10-9-21-56(59)57-23-12-22-50(60(57)61)42-29-34-48(35-30-42)62(49-16-11-15-44(38-49)45-26-25-40-13-3-4-14-43(40)37-45)47-32-27-41(28-33-47)46-31-36-55-53-19-6-5-17-51(53)52-18-7-8-20-54(52)58(55)39-46/h3-39H,1-2H3. The number of rotatable bonds is 6. The molecule has 1 nitrogen and oxygen atoms in total. The molecule has 0 saturated heterocycles. The van der Waals surface area contributed by atoms with Crippen LogP contribution >= 0.6 is 0 Å². The van der Waals surface area contributed by atoms with Crippen molar-refractivity contribution in [3.63, 3.8) is 0 Å². The van der Waals surface area contributed by atoms with Gasteiger partial charge in [0.1, 0.15) is 0 Å². The zero-order valence-corrected chi connectivity index (χ0v) is 34.8. The number of hydrogen-bond donors (Lipinski definition) is 0. The topological polar surface area (TPSA) is 3.24 Å². The normalized spacial score (nSPS) is 12.8. The number of benzene rings is 11. The first kappa shape index (κ1) is 36.1. The molecular formula is C61H43N. The first-order valence-corrected chi connectivity index (χ1v) is 21.7. The fourth-order valence-electron chi connectivity index (χ4n) is 10.4. The maximum atomic E-state index is 2.40. The average molecular weight is 790 g/mol. The van der Waals surface area contributed by atoms with Gasteiger partial charge in [0.25, 0.3) is 0 Å². The highest BCUT2D eigenvalue weighted by Crippen LogP contribution is 2.52. The summed E-state index contributed by atoms with van der Waals surface area (Å²) in [6, 6.07) is 82.9. The van der Waals surface area contributed by atoms with E-state index in [9.17, 15) is 0 Å². The van der Waals surface area contributed by atoms with Crippen LogP contribution in [0.5, 0.6) is 0 Å². The summed E-state index contributed by atoms with van der Waals surface area (Å²) in [6.45, 7) is 4.73. The smallest absolute Gasteiger partial charge is 0.0467 e. The summed E-state index contributed by atoms with van der Waals surface area (Å²) >= 11 is 0. The molecule has 1 aliphatic carbocycles. The monoisotopic (exact) mass is 789 g/mol. The average Bonchev–Trinajstić information content (AvgIpc) is 3.58. The van der Waals surface area contributed by atoms with Gasteiger partial charge in [0, 0.05) is 22.5 Å². The van der Waals surface area contributed by atoms with Crippen molar-refractivity contribution in [1.29, 1.82) is 0 Å². The first-order chi connectivity index (χ1) is 30.5. The number of anilines is 3. The minimum Gasteiger partial charge on any atom is -0.310 e. The summed E-state index contributed by atoms with van der Waals surface area (Å²) in [5.74, 6) is 0. The van der Waals surface area contributed by atoms with E-state index in [1.165, 1.54) is 98.7 Å². The van der Waals surface area contributed by atoms with Gasteiger partial charge in [-0.2, -0.15) is 0 Å². The van der Waals surface area contributed by atoms with Gasteiger partial charge in [-0.25, -0.2) is 0 Å². The van der Waals surface area contributed by atoms with Crippen molar-refractivity contribution < 1.29 is 0 Å². The van der Waals surface area contributed by atoms with Crippen LogP contribution < -0.4 is 4.90 Å². The van der Waals surface area contributed by atoms with Gasteiger partial charge in [0.05, 0.1) is 0 Å². The molecule has 11 aromatic carbocycles. The highest BCUT2D eigenvalue weighted by molar-refractivity contribution is 6.25. The van der Waals surface area contributed by atoms with Crippen LogP contribution in [0.15, 0.2) is 224 Å². The Labute approximate surface area is 362 Å². The third kappa shape index (κ3) is 5.77. The van der Waals surface area contributed by atoms with E-state index in [0.29, 0.717) is 0 Å². The van der Waals surface area contributed by atoms with E-state index >= 15 is 0 Å². The van der Waals surface area contributed by atoms with Crippen LogP contribution in [0.3, 0.4) is 0 Å². The molecule has 0 bridgehead atoms. The molecule has 0 unspecified atom stereocenters. The summed E-state index contributed by atoms with van der Waals surface area (Å²) in [7, 11) is 0. The van der Waals surface area contributed by atoms with E-state index in [0.717, 1.165) is 17.1 Å². The van der Waals surface area contributed by atoms with Crippen molar-refractivity contribution in [1.82, 2.24) is 0 Å². The van der Waals surface area contributed by atoms with E-state index in [2.05, 4.69) is 243 Å². The lowest BCUT2D eigenvalue weighted by Crippen LogP contribution is -2.16. The van der Waals surface area contributed by atoms with E-state index < -0.39 is 0 Å². The number of hydrogen-bond acceptors (Lipinski definition) is 1. The Kier molecular flexibility index (Phi) is 8.27. The molecule has 12 rings (SSSR count). The molecule has 62 heavy (non-hydrogen) atoms. The van der Waals surface area contributed by atoms with Crippen LogP contribution in [0.25, 0.3) is 87.6 Å². The second-order valence-corrected chi connectivity index (χ2v) is 17.3. The molecule has 0 N–H and O–H groups in total. The summed E-state index contributed by atoms with van der Waals surface area (Å²) in [5.41, 5.74) is 16.0. The molecular weight excluding hydrogens is 747 g/mol. The van der Waals surface area contributed by atoms with Crippen LogP contribution in [-0.4, -0.2) is 0 Å². The lowest BCUT2D eigenvalue weighted by Gasteiger charge is -2.27. The van der Waals surface area contributed by atoms with Gasteiger partial charge < -0.3 is 4.90 Å². The Balaban J connectivity index is 0.962. The van der Waals surface area contributed by atoms with E-state index in [4.69, 9.17) is 0 Å². The molecule has 1 heteroatoms. The van der Waals surface area contributed by atoms with Gasteiger partial charge in [0.2, 0.25) is 0 Å². The van der Waals surface area contributed by atoms with Crippen molar-refractivity contribution in [3.05, 3.63) is 236 Å². The lowest BCUT2D eigenvalue weighted by atomic mass is 9.79. The molecule has 0 saturated carbocycles. The van der Waals surface area contributed by atoms with Crippen LogP contribution in [0.4, 0.5) is 17.1 Å². The minimum absolute atomic E-state index is 0.0932. The maximum Gasteiger partial charge on any atom is 0.0467 e. The third-order valence-electron chi connectivity index (χ3n) is 13.4. The van der Waals surface area contributed by atoms with Crippen molar-refractivity contribution in [3.8, 4) is 44.5 Å². The number of fused-ring (bicyclic) bond motifs is 10. The molecule has 0 spiro atoms. The van der Waals surface area contributed by atoms with Crippen molar-refractivity contribution in [2.45, 2.75) is 19.3 Å². The zero-order valence-electron chi connectivity index (χ0n) is 34.8. The summed E-state index contributed by atoms with van der Waals surface area (Å²) in [5, 5.41) is 10.2. The Bertz CT molecular complexity index is 3500. The lowest BCUT2D eigenvalue weighted by molar-refractivity contribution is 0.662. The van der Waals surface area contributed by atoms with Gasteiger partial charge in [0.15, 0.2) is 0 Å². The van der Waals surface area contributed by atoms with Gasteiger partial charge in [-0.15, -0.1) is 0 Å². The predicted molar refractivity (Wildman–Crippen MR) is 265 cm³/mol. The van der Waals surface area contributed by atoms with Crippen LogP contribution in [-0.2, 0) is 5.41 Å². The molecule has 0 aromatic heterocycles. The Morgan fingerprint density at radius 3 is 1.52 bits per heavy atom. The Morgan fingerprint density at radius 2 is 0.790 bits per heavy atom. The van der Waals surface area contributed by atoms with Crippen LogP contribution in [0, 0.1) is 0 Å². The molecule has 0 fully saturated rings. The van der Waals surface area contributed by atoms with Crippen LogP contribution in [0.1, 0.15) is 25.0 Å². The molecule has 11 aromatic rings. The fourth-order valence-corrected chi connectivity index (χ4v) is 10.4. The van der Waals surface area contributed by atoms with Crippen molar-refractivity contribution in [2.75, 3.05) is 4.90 Å². The second kappa shape index (κ2) is 14.2. The van der Waals surface area contributed by atoms with E-state index in [-0.39, 0.29) is 5.41 Å². The minimum atomic E-state index is -0.0932. The van der Waals surface area contributed by atoms with E-state index in [1.54, 1.807) is 0 Å². The van der Waals surface area contributed by atoms with Gasteiger partial charge >= 0.3 is 0 Å². The largest absolute Gasteiger partial charge is 0.310 e. The molecule has 0 heterocycles. The maximum absolute atomic E-state index is 2.40. The zero-order chi connectivity index (χ0) is 41.4. The van der Waals surface area contributed by atoms with Crippen molar-refractivity contribution in [2.24, 2.45) is 0 Å². The summed E-state index contributed by atoms with van der Waals surface area (Å²) in [6.07, 6.45) is 0.